The molecule has 0 fully saturated rings. The molecular formula is C4H10NO2P. The summed E-state index contributed by atoms with van der Waals surface area (Å²) in [7, 11) is 3.60. The molecule has 0 aromatic rings. The summed E-state index contributed by atoms with van der Waals surface area (Å²) in [5.41, 5.74) is 0. The van der Waals surface area contributed by atoms with Crippen molar-refractivity contribution < 1.29 is 9.53 Å². The lowest BCUT2D eigenvalue weighted by Crippen LogP contribution is -2.27. The van der Waals surface area contributed by atoms with Crippen LogP contribution in [-0.2, 0) is 9.53 Å². The highest BCUT2D eigenvalue weighted by atomic mass is 31.0. The average molecular weight is 135 g/mol. The van der Waals surface area contributed by atoms with Crippen molar-refractivity contribution in [3.8, 4) is 0 Å². The van der Waals surface area contributed by atoms with Gasteiger partial charge in [-0.1, -0.05) is 9.39 Å². The fourth-order valence-electron chi connectivity index (χ4n) is 0.245. The lowest BCUT2D eigenvalue weighted by molar-refractivity contribution is -0.142. The van der Waals surface area contributed by atoms with Crippen LogP contribution in [0.5, 0.6) is 0 Å². The molecule has 2 atom stereocenters. The Kier molecular flexibility index (Phi) is 3.75. The van der Waals surface area contributed by atoms with Crippen molar-refractivity contribution in [2.24, 2.45) is 0 Å². The molecule has 0 aliphatic carbocycles. The van der Waals surface area contributed by atoms with E-state index in [0.29, 0.717) is 0 Å². The number of ether oxygens (including phenoxy) is 1. The molecule has 1 N–H and O–H groups in total. The predicted molar refractivity (Wildman–Crippen MR) is 34.3 cm³/mol. The molecular weight excluding hydrogens is 125 g/mol. The third-order valence-electron chi connectivity index (χ3n) is 0.805. The highest BCUT2D eigenvalue weighted by Crippen LogP contribution is 1.86. The third-order valence-corrected chi connectivity index (χ3v) is 1.30. The van der Waals surface area contributed by atoms with Gasteiger partial charge in [0.1, 0.15) is 6.04 Å². The Bertz CT molecular complexity index is 86.1. The molecule has 0 rings (SSSR count). The molecule has 0 radical (unpaired) electrons. The van der Waals surface area contributed by atoms with Gasteiger partial charge in [-0.25, -0.2) is 0 Å². The minimum atomic E-state index is -0.250. The smallest absolute Gasteiger partial charge is 0.322 e. The largest absolute Gasteiger partial charge is 0.468 e. The summed E-state index contributed by atoms with van der Waals surface area (Å²) in [4.78, 5) is 10.4. The van der Waals surface area contributed by atoms with Crippen molar-refractivity contribution in [1.29, 1.82) is 0 Å². The monoisotopic (exact) mass is 135 g/mol. The van der Waals surface area contributed by atoms with Crippen LogP contribution >= 0.6 is 9.39 Å². The number of methoxy groups -OCH3 is 1. The molecule has 0 saturated carbocycles. The zero-order valence-corrected chi connectivity index (χ0v) is 6.13. The second-order valence-corrected chi connectivity index (χ2v) is 1.74. The van der Waals surface area contributed by atoms with E-state index in [-0.39, 0.29) is 12.0 Å². The molecule has 0 saturated heterocycles. The molecule has 0 bridgehead atoms. The first-order valence-corrected chi connectivity index (χ1v) is 2.84. The van der Waals surface area contributed by atoms with Crippen LogP contribution in [0.4, 0.5) is 0 Å². The molecule has 3 nitrogen and oxygen atoms in total. The molecule has 0 spiro atoms. The fourth-order valence-corrected chi connectivity index (χ4v) is 0.381. The van der Waals surface area contributed by atoms with E-state index < -0.39 is 0 Å². The van der Waals surface area contributed by atoms with Gasteiger partial charge in [0.25, 0.3) is 0 Å². The molecule has 4 heteroatoms. The van der Waals surface area contributed by atoms with Crippen LogP contribution in [0.2, 0.25) is 0 Å². The summed E-state index contributed by atoms with van der Waals surface area (Å²) in [5, 5.41) is 2.66. The van der Waals surface area contributed by atoms with E-state index in [0.717, 1.165) is 0 Å². The van der Waals surface area contributed by atoms with E-state index >= 15 is 0 Å². The fraction of sp³-hybridized carbons (Fsp3) is 0.750. The summed E-state index contributed by atoms with van der Waals surface area (Å²) >= 11 is 0. The summed E-state index contributed by atoms with van der Waals surface area (Å²) in [6.45, 7) is 1.72. The van der Waals surface area contributed by atoms with E-state index in [4.69, 9.17) is 0 Å². The van der Waals surface area contributed by atoms with E-state index in [1.54, 1.807) is 6.92 Å². The van der Waals surface area contributed by atoms with Crippen molar-refractivity contribution in [3.63, 3.8) is 0 Å². The number of esters is 1. The predicted octanol–water partition coefficient (Wildman–Crippen LogP) is -0.0724. The number of hydrogen-bond donors (Lipinski definition) is 1. The van der Waals surface area contributed by atoms with E-state index in [9.17, 15) is 4.79 Å². The molecule has 0 amide bonds. The summed E-state index contributed by atoms with van der Waals surface area (Å²) in [6, 6.07) is -0.231. The lowest BCUT2D eigenvalue weighted by Gasteiger charge is -2.04. The summed E-state index contributed by atoms with van der Waals surface area (Å²) < 4.78 is 4.39. The number of nitrogens with one attached hydrogen (secondary N) is 1. The van der Waals surface area contributed by atoms with Crippen LogP contribution in [0.15, 0.2) is 0 Å². The molecule has 0 aromatic heterocycles. The Hall–Kier alpha value is -0.140. The molecule has 0 aliphatic heterocycles. The molecule has 8 heavy (non-hydrogen) atoms. The van der Waals surface area contributed by atoms with Gasteiger partial charge in [0.05, 0.1) is 7.11 Å². The van der Waals surface area contributed by atoms with E-state index in [2.05, 4.69) is 19.2 Å². The normalized spacial score (nSPS) is 12.9. The van der Waals surface area contributed by atoms with Crippen molar-refractivity contribution in [1.82, 2.24) is 5.09 Å². The van der Waals surface area contributed by atoms with Crippen molar-refractivity contribution in [2.45, 2.75) is 13.0 Å². The van der Waals surface area contributed by atoms with Crippen molar-refractivity contribution in [3.05, 3.63) is 0 Å². The first-order chi connectivity index (χ1) is 3.72. The topological polar surface area (TPSA) is 38.3 Å². The van der Waals surface area contributed by atoms with Crippen LogP contribution in [0.25, 0.3) is 0 Å². The highest BCUT2D eigenvalue weighted by Gasteiger charge is 2.07. The SMILES string of the molecule is COC(=O)C(C)NP. The van der Waals surface area contributed by atoms with Gasteiger partial charge in [-0.3, -0.25) is 9.88 Å². The van der Waals surface area contributed by atoms with Crippen molar-refractivity contribution in [2.75, 3.05) is 7.11 Å². The number of hydrogen-bond acceptors (Lipinski definition) is 3. The zero-order chi connectivity index (χ0) is 6.57. The third kappa shape index (κ3) is 2.24. The number of carbonyl (C=O) groups is 1. The van der Waals surface area contributed by atoms with Gasteiger partial charge in [0.15, 0.2) is 0 Å². The number of carbonyl (C=O) groups excluding carboxylic acids is 1. The first kappa shape index (κ1) is 7.86. The van der Waals surface area contributed by atoms with Crippen LogP contribution < -0.4 is 5.09 Å². The first-order valence-electron chi connectivity index (χ1n) is 2.26. The van der Waals surface area contributed by atoms with Gasteiger partial charge in [-0.05, 0) is 6.92 Å². The minimum absolute atomic E-state index is 0.231. The molecule has 2 unspecified atom stereocenters. The Morgan fingerprint density at radius 2 is 2.38 bits per heavy atom. The molecule has 0 aliphatic rings. The van der Waals surface area contributed by atoms with Crippen LogP contribution in [-0.4, -0.2) is 19.1 Å². The Labute approximate surface area is 51.0 Å². The maximum atomic E-state index is 10.4. The molecule has 48 valence electrons. The maximum Gasteiger partial charge on any atom is 0.322 e. The maximum absolute atomic E-state index is 10.4. The Morgan fingerprint density at radius 3 is 2.50 bits per heavy atom. The Morgan fingerprint density at radius 1 is 1.88 bits per heavy atom. The van der Waals surface area contributed by atoms with Crippen LogP contribution in [0, 0.1) is 0 Å². The lowest BCUT2D eigenvalue weighted by atomic mass is 10.4. The highest BCUT2D eigenvalue weighted by molar-refractivity contribution is 7.13. The zero-order valence-electron chi connectivity index (χ0n) is 4.97. The second kappa shape index (κ2) is 3.81. The van der Waals surface area contributed by atoms with Crippen LogP contribution in [0.3, 0.4) is 0 Å². The minimum Gasteiger partial charge on any atom is -0.468 e. The number of rotatable bonds is 2. The standard InChI is InChI=1S/C4H10NO2P/c1-3(5-8)4(6)7-2/h3,5H,8H2,1-2H3. The molecule has 0 heterocycles. The average Bonchev–Trinajstić information content (AvgIpc) is 1.84. The van der Waals surface area contributed by atoms with Gasteiger partial charge in [0.2, 0.25) is 0 Å². The van der Waals surface area contributed by atoms with E-state index in [1.807, 2.05) is 0 Å². The Balaban J connectivity index is 3.46. The molecule has 0 aromatic carbocycles. The van der Waals surface area contributed by atoms with Crippen LogP contribution in [0.1, 0.15) is 6.92 Å². The summed E-state index contributed by atoms with van der Waals surface area (Å²) in [6.07, 6.45) is 0. The van der Waals surface area contributed by atoms with E-state index in [1.165, 1.54) is 7.11 Å². The van der Waals surface area contributed by atoms with Gasteiger partial charge in [-0.15, -0.1) is 0 Å². The summed E-state index contributed by atoms with van der Waals surface area (Å²) in [5.74, 6) is -0.250. The van der Waals surface area contributed by atoms with Crippen molar-refractivity contribution >= 4 is 15.4 Å². The van der Waals surface area contributed by atoms with Gasteiger partial charge in [0, 0.05) is 0 Å². The van der Waals surface area contributed by atoms with Gasteiger partial charge in [-0.2, -0.15) is 0 Å². The quantitative estimate of drug-likeness (QED) is 0.425. The second-order valence-electron chi connectivity index (χ2n) is 1.41. The van der Waals surface area contributed by atoms with Gasteiger partial charge >= 0.3 is 5.97 Å². The van der Waals surface area contributed by atoms with Gasteiger partial charge < -0.3 is 4.74 Å².